The number of nitrogens with one attached hydrogen (secondary N) is 2. The predicted octanol–water partition coefficient (Wildman–Crippen LogP) is 4.56. The van der Waals surface area contributed by atoms with Crippen molar-refractivity contribution < 1.29 is 22.5 Å². The van der Waals surface area contributed by atoms with Crippen molar-refractivity contribution in [2.24, 2.45) is 5.92 Å². The zero-order valence-electron chi connectivity index (χ0n) is 17.0. The molecule has 2 unspecified atom stereocenters. The first-order valence-electron chi connectivity index (χ1n) is 9.85. The zero-order chi connectivity index (χ0) is 21.7. The molecule has 3 rings (SSSR count). The SMILES string of the molecule is CC([N-]C=CNC1=C[N+](C)=C1)c1cccc(NC(=O)N2CCCC(C(F)(F)F)C2)c1. The molecule has 162 valence electrons. The molecule has 30 heavy (non-hydrogen) atoms. The number of likely N-dealkylation sites (tertiary alicyclic amines) is 1. The number of benzene rings is 1. The van der Waals surface area contributed by atoms with Gasteiger partial charge in [-0.15, -0.1) is 0 Å². The van der Waals surface area contributed by atoms with Gasteiger partial charge in [-0.25, -0.2) is 9.37 Å². The van der Waals surface area contributed by atoms with Crippen molar-refractivity contribution in [3.05, 3.63) is 59.4 Å². The lowest BCUT2D eigenvalue weighted by molar-refractivity contribution is -0.429. The van der Waals surface area contributed by atoms with Crippen molar-refractivity contribution in [3.63, 3.8) is 0 Å². The van der Waals surface area contributed by atoms with Crippen LogP contribution in [0.25, 0.3) is 5.32 Å². The van der Waals surface area contributed by atoms with E-state index in [2.05, 4.69) is 16.0 Å². The molecule has 2 aliphatic heterocycles. The van der Waals surface area contributed by atoms with Gasteiger partial charge in [0.25, 0.3) is 0 Å². The standard InChI is InChI=1S/C21H26F3N5O/c1-15(25-8-9-26-19-13-28(2)14-19)16-5-3-7-18(11-16)27-20(30)29-10-4-6-17(12-29)21(22,23)24/h3,5,7-9,11,13-15,17,26H,4,6,10,12H2,1-2H3,(H,27,30). The third kappa shape index (κ3) is 5.77. The van der Waals surface area contributed by atoms with Gasteiger partial charge in [0.2, 0.25) is 0 Å². The van der Waals surface area contributed by atoms with Crippen molar-refractivity contribution in [1.29, 1.82) is 0 Å². The maximum atomic E-state index is 13.0. The average molecular weight is 421 g/mol. The number of nitrogens with zero attached hydrogens (tertiary/aromatic N) is 3. The fourth-order valence-corrected chi connectivity index (χ4v) is 3.40. The Morgan fingerprint density at radius 1 is 1.40 bits per heavy atom. The van der Waals surface area contributed by atoms with E-state index in [1.54, 1.807) is 30.6 Å². The van der Waals surface area contributed by atoms with E-state index < -0.39 is 18.1 Å². The number of carbonyl (C=O) groups excluding carboxylic acids is 1. The molecule has 2 N–H and O–H groups in total. The second-order valence-corrected chi connectivity index (χ2v) is 7.55. The van der Waals surface area contributed by atoms with E-state index in [-0.39, 0.29) is 19.0 Å². The summed E-state index contributed by atoms with van der Waals surface area (Å²) in [6.45, 7) is 1.94. The number of hydrogen-bond donors (Lipinski definition) is 2. The van der Waals surface area contributed by atoms with Gasteiger partial charge in [-0.05, 0) is 31.2 Å². The molecule has 0 saturated carbocycles. The van der Waals surface area contributed by atoms with Crippen LogP contribution in [0.2, 0.25) is 0 Å². The van der Waals surface area contributed by atoms with Crippen LogP contribution in [0, 0.1) is 5.92 Å². The summed E-state index contributed by atoms with van der Waals surface area (Å²) < 4.78 is 40.9. The number of hydrogen-bond acceptors (Lipinski definition) is 2. The van der Waals surface area contributed by atoms with Crippen molar-refractivity contribution in [2.45, 2.75) is 32.0 Å². The second-order valence-electron chi connectivity index (χ2n) is 7.55. The quantitative estimate of drug-likeness (QED) is 0.662. The Hall–Kier alpha value is -2.97. The molecule has 1 aromatic carbocycles. The number of allylic oxidation sites excluding steroid dienone is 1. The number of anilines is 1. The van der Waals surface area contributed by atoms with Crippen molar-refractivity contribution in [1.82, 2.24) is 10.2 Å². The number of amides is 2. The fraction of sp³-hybridized carbons (Fsp3) is 0.429. The van der Waals surface area contributed by atoms with Crippen molar-refractivity contribution >= 4 is 17.9 Å². The molecule has 1 saturated heterocycles. The van der Waals surface area contributed by atoms with Gasteiger partial charge < -0.3 is 20.9 Å². The van der Waals surface area contributed by atoms with Crippen LogP contribution in [0.1, 0.15) is 31.4 Å². The minimum Gasteiger partial charge on any atom is -0.683 e. The van der Waals surface area contributed by atoms with Crippen LogP contribution in [0.15, 0.2) is 48.6 Å². The second kappa shape index (κ2) is 9.23. The Morgan fingerprint density at radius 3 is 2.87 bits per heavy atom. The largest absolute Gasteiger partial charge is 0.683 e. The predicted molar refractivity (Wildman–Crippen MR) is 110 cm³/mol. The van der Waals surface area contributed by atoms with E-state index in [0.717, 1.165) is 11.3 Å². The van der Waals surface area contributed by atoms with Gasteiger partial charge in [0.15, 0.2) is 18.1 Å². The molecule has 2 aliphatic rings. The van der Waals surface area contributed by atoms with Crippen LogP contribution in [0.4, 0.5) is 23.7 Å². The maximum Gasteiger partial charge on any atom is 0.393 e. The molecule has 0 spiro atoms. The average Bonchev–Trinajstić information content (AvgIpc) is 2.69. The highest BCUT2D eigenvalue weighted by molar-refractivity contribution is 5.89. The summed E-state index contributed by atoms with van der Waals surface area (Å²) >= 11 is 0. The number of halogens is 3. The smallest absolute Gasteiger partial charge is 0.393 e. The van der Waals surface area contributed by atoms with Gasteiger partial charge in [-0.3, -0.25) is 0 Å². The molecule has 9 heteroatoms. The summed E-state index contributed by atoms with van der Waals surface area (Å²) in [5.74, 6) is -1.46. The van der Waals surface area contributed by atoms with E-state index in [0.29, 0.717) is 18.7 Å². The van der Waals surface area contributed by atoms with E-state index >= 15 is 0 Å². The topological polar surface area (TPSA) is 61.5 Å². The minimum absolute atomic E-state index is 0.0657. The van der Waals surface area contributed by atoms with Crippen LogP contribution in [-0.4, -0.2) is 48.0 Å². The Bertz CT molecular complexity index is 862. The van der Waals surface area contributed by atoms with Crippen molar-refractivity contribution in [2.75, 3.05) is 25.5 Å². The lowest BCUT2D eigenvalue weighted by Crippen LogP contribution is -2.46. The van der Waals surface area contributed by atoms with Crippen LogP contribution in [0.3, 0.4) is 0 Å². The molecule has 0 radical (unpaired) electrons. The summed E-state index contributed by atoms with van der Waals surface area (Å²) in [5.41, 5.74) is 2.42. The van der Waals surface area contributed by atoms with Gasteiger partial charge in [0.05, 0.1) is 5.92 Å². The number of carbonyl (C=O) groups is 1. The van der Waals surface area contributed by atoms with Gasteiger partial charge in [0.1, 0.15) is 7.05 Å². The molecule has 2 heterocycles. The highest BCUT2D eigenvalue weighted by Gasteiger charge is 2.42. The van der Waals surface area contributed by atoms with Gasteiger partial charge in [0, 0.05) is 18.8 Å². The van der Waals surface area contributed by atoms with Crippen LogP contribution in [-0.2, 0) is 0 Å². The van der Waals surface area contributed by atoms with E-state index in [1.807, 2.05) is 37.0 Å². The molecule has 1 aromatic rings. The number of urea groups is 1. The lowest BCUT2D eigenvalue weighted by Gasteiger charge is -2.33. The summed E-state index contributed by atoms with van der Waals surface area (Å²) in [6.07, 6.45) is 3.44. The molecule has 6 nitrogen and oxygen atoms in total. The highest BCUT2D eigenvalue weighted by atomic mass is 19.4. The summed E-state index contributed by atoms with van der Waals surface area (Å²) in [4.78, 5) is 13.7. The molecule has 0 aromatic heterocycles. The molecule has 2 atom stereocenters. The van der Waals surface area contributed by atoms with Crippen LogP contribution < -0.4 is 10.6 Å². The molecule has 1 fully saturated rings. The summed E-state index contributed by atoms with van der Waals surface area (Å²) in [5, 5.41) is 10.2. The maximum absolute atomic E-state index is 13.0. The van der Waals surface area contributed by atoms with E-state index in [1.165, 1.54) is 4.90 Å². The molecule has 0 bridgehead atoms. The fourth-order valence-electron chi connectivity index (χ4n) is 3.40. The first-order valence-corrected chi connectivity index (χ1v) is 9.85. The molecule has 2 amide bonds. The normalized spacial score (nSPS) is 20.2. The third-order valence-corrected chi connectivity index (χ3v) is 5.11. The molecule has 0 aliphatic carbocycles. The Morgan fingerprint density at radius 2 is 2.17 bits per heavy atom. The summed E-state index contributed by atoms with van der Waals surface area (Å²) in [7, 11) is 1.94. The van der Waals surface area contributed by atoms with Crippen LogP contribution >= 0.6 is 0 Å². The third-order valence-electron chi connectivity index (χ3n) is 5.11. The monoisotopic (exact) mass is 421 g/mol. The Labute approximate surface area is 174 Å². The number of piperidine rings is 1. The zero-order valence-corrected chi connectivity index (χ0v) is 17.0. The molecular weight excluding hydrogens is 395 g/mol. The lowest BCUT2D eigenvalue weighted by atomic mass is 9.98. The summed E-state index contributed by atoms with van der Waals surface area (Å²) in [6, 6.07) is 6.53. The first kappa shape index (κ1) is 21.7. The highest BCUT2D eigenvalue weighted by Crippen LogP contribution is 2.33. The van der Waals surface area contributed by atoms with E-state index in [9.17, 15) is 18.0 Å². The number of alkyl halides is 3. The molecular formula is C21H26F3N5O. The first-order chi connectivity index (χ1) is 14.2. The van der Waals surface area contributed by atoms with Crippen molar-refractivity contribution in [3.8, 4) is 0 Å². The van der Waals surface area contributed by atoms with Gasteiger partial charge in [-0.2, -0.15) is 19.4 Å². The Balaban J connectivity index is 1.52. The number of rotatable bonds is 6. The van der Waals surface area contributed by atoms with Crippen LogP contribution in [0.5, 0.6) is 0 Å². The van der Waals surface area contributed by atoms with E-state index in [4.69, 9.17) is 0 Å². The minimum atomic E-state index is -4.28. The Kier molecular flexibility index (Phi) is 6.69. The van der Waals surface area contributed by atoms with Gasteiger partial charge >= 0.3 is 12.2 Å². The van der Waals surface area contributed by atoms with Gasteiger partial charge in [-0.1, -0.05) is 30.7 Å².